The predicted molar refractivity (Wildman–Crippen MR) is 130 cm³/mol. The minimum Gasteiger partial charge on any atom is -0.460 e. The second-order valence-corrected chi connectivity index (χ2v) is 10.1. The summed E-state index contributed by atoms with van der Waals surface area (Å²) in [7, 11) is 0. The summed E-state index contributed by atoms with van der Waals surface area (Å²) in [6, 6.07) is 12.0. The number of carbonyl (C=O) groups excluding carboxylic acids is 2. The number of nitrogens with zero attached hydrogens (tertiary/aromatic N) is 2. The minimum absolute atomic E-state index is 0.0340. The molecular weight excluding hydrogens is 464 g/mol. The quantitative estimate of drug-likeness (QED) is 0.333. The molecule has 2 aromatic carbocycles. The van der Waals surface area contributed by atoms with Crippen molar-refractivity contribution >= 4 is 23.2 Å². The van der Waals surface area contributed by atoms with Crippen LogP contribution in [0, 0.1) is 21.4 Å². The first-order chi connectivity index (χ1) is 17.1. The molecule has 2 aliphatic heterocycles. The van der Waals surface area contributed by atoms with Gasteiger partial charge in [0.15, 0.2) is 17.3 Å². The van der Waals surface area contributed by atoms with Gasteiger partial charge < -0.3 is 14.2 Å². The second-order valence-electron chi connectivity index (χ2n) is 10.1. The SMILES string of the molecule is CC1=NC2=C(C(=O)CC(C)(C)C2)[C@H](c2cc3c(cc2[N+](=O)[O-])OCO3)C1C(=O)OCc1ccccc1. The third-order valence-corrected chi connectivity index (χ3v) is 6.83. The molecule has 2 atom stereocenters. The molecule has 0 radical (unpaired) electrons. The maximum Gasteiger partial charge on any atom is 0.315 e. The lowest BCUT2D eigenvalue weighted by Gasteiger charge is -2.38. The molecule has 0 saturated carbocycles. The fourth-order valence-corrected chi connectivity index (χ4v) is 5.26. The number of nitro benzene ring substituents is 1. The number of allylic oxidation sites excluding steroid dienone is 2. The van der Waals surface area contributed by atoms with Crippen LogP contribution in [0.1, 0.15) is 50.7 Å². The van der Waals surface area contributed by atoms with Crippen LogP contribution < -0.4 is 9.47 Å². The highest BCUT2D eigenvalue weighted by molar-refractivity contribution is 6.09. The number of nitro groups is 1. The zero-order valence-electron chi connectivity index (χ0n) is 20.3. The number of hydrogen-bond acceptors (Lipinski definition) is 8. The largest absolute Gasteiger partial charge is 0.460 e. The lowest BCUT2D eigenvalue weighted by molar-refractivity contribution is -0.385. The first kappa shape index (κ1) is 23.7. The molecule has 0 aromatic heterocycles. The second kappa shape index (κ2) is 8.89. The van der Waals surface area contributed by atoms with E-state index in [2.05, 4.69) is 4.99 Å². The van der Waals surface area contributed by atoms with E-state index in [1.54, 1.807) is 6.92 Å². The van der Waals surface area contributed by atoms with Crippen LogP contribution in [0.3, 0.4) is 0 Å². The lowest BCUT2D eigenvalue weighted by Crippen LogP contribution is -2.39. The van der Waals surface area contributed by atoms with Gasteiger partial charge in [0.1, 0.15) is 12.5 Å². The molecule has 36 heavy (non-hydrogen) atoms. The molecule has 0 spiro atoms. The average molecular weight is 491 g/mol. The van der Waals surface area contributed by atoms with Gasteiger partial charge in [0.05, 0.1) is 11.0 Å². The first-order valence-electron chi connectivity index (χ1n) is 11.7. The summed E-state index contributed by atoms with van der Waals surface area (Å²) in [5, 5.41) is 12.1. The maximum atomic E-state index is 13.5. The number of ketones is 1. The highest BCUT2D eigenvalue weighted by atomic mass is 16.7. The zero-order valence-corrected chi connectivity index (χ0v) is 20.3. The molecule has 5 rings (SSSR count). The fourth-order valence-electron chi connectivity index (χ4n) is 5.26. The van der Waals surface area contributed by atoms with E-state index >= 15 is 0 Å². The van der Waals surface area contributed by atoms with E-state index in [1.165, 1.54) is 12.1 Å². The Morgan fingerprint density at radius 1 is 1.17 bits per heavy atom. The standard InChI is InChI=1S/C27H26N2O7/c1-15-23(26(31)34-13-16-7-5-4-6-8-16)24(25-18(28-15)11-27(2,3)12-20(25)30)17-9-21-22(36-14-35-21)10-19(17)29(32)33/h4-10,23-24H,11-14H2,1-3H3/t23?,24-/m1/s1. The van der Waals surface area contributed by atoms with E-state index in [4.69, 9.17) is 14.2 Å². The highest BCUT2D eigenvalue weighted by Gasteiger charge is 2.48. The Bertz CT molecular complexity index is 1330. The van der Waals surface area contributed by atoms with E-state index in [0.717, 1.165) is 5.56 Å². The molecule has 1 unspecified atom stereocenters. The van der Waals surface area contributed by atoms with Gasteiger partial charge in [-0.25, -0.2) is 0 Å². The third-order valence-electron chi connectivity index (χ3n) is 6.83. The Morgan fingerprint density at radius 2 is 1.86 bits per heavy atom. The molecule has 186 valence electrons. The molecule has 0 N–H and O–H groups in total. The minimum atomic E-state index is -1.00. The summed E-state index contributed by atoms with van der Waals surface area (Å²) in [4.78, 5) is 43.3. The zero-order chi connectivity index (χ0) is 25.6. The summed E-state index contributed by atoms with van der Waals surface area (Å²) in [5.74, 6) is -2.12. The van der Waals surface area contributed by atoms with Gasteiger partial charge in [-0.2, -0.15) is 0 Å². The van der Waals surface area contributed by atoms with Gasteiger partial charge in [0, 0.05) is 34.9 Å². The van der Waals surface area contributed by atoms with Gasteiger partial charge >= 0.3 is 5.97 Å². The van der Waals surface area contributed by atoms with Gasteiger partial charge in [-0.15, -0.1) is 0 Å². The number of rotatable bonds is 5. The van der Waals surface area contributed by atoms with Crippen molar-refractivity contribution in [1.29, 1.82) is 0 Å². The van der Waals surface area contributed by atoms with Gasteiger partial charge in [-0.05, 0) is 30.4 Å². The molecule has 9 heteroatoms. The molecule has 2 heterocycles. The number of hydrogen-bond donors (Lipinski definition) is 0. The van der Waals surface area contributed by atoms with Gasteiger partial charge in [-0.3, -0.25) is 24.7 Å². The molecule has 9 nitrogen and oxygen atoms in total. The third kappa shape index (κ3) is 4.25. The Kier molecular flexibility index (Phi) is 5.86. The van der Waals surface area contributed by atoms with Crippen molar-refractivity contribution < 1.29 is 28.7 Å². The van der Waals surface area contributed by atoms with Gasteiger partial charge in [-0.1, -0.05) is 44.2 Å². The molecule has 0 bridgehead atoms. The summed E-state index contributed by atoms with van der Waals surface area (Å²) in [6.45, 7) is 5.64. The van der Waals surface area contributed by atoms with Gasteiger partial charge in [0.25, 0.3) is 5.69 Å². The average Bonchev–Trinajstić information content (AvgIpc) is 3.28. The summed E-state index contributed by atoms with van der Waals surface area (Å²) < 4.78 is 16.5. The first-order valence-corrected chi connectivity index (χ1v) is 11.7. The Morgan fingerprint density at radius 3 is 2.56 bits per heavy atom. The Hall–Kier alpha value is -4.01. The number of benzene rings is 2. The summed E-state index contributed by atoms with van der Waals surface area (Å²) in [5.41, 5.74) is 1.81. The van der Waals surface area contributed by atoms with Crippen LogP contribution in [0.15, 0.2) is 58.7 Å². The fraction of sp³-hybridized carbons (Fsp3) is 0.370. The van der Waals surface area contributed by atoms with E-state index in [9.17, 15) is 19.7 Å². The topological polar surface area (TPSA) is 117 Å². The van der Waals surface area contributed by atoms with Crippen LogP contribution in [0.5, 0.6) is 11.5 Å². The monoisotopic (exact) mass is 490 g/mol. The molecule has 0 fully saturated rings. The van der Waals surface area contributed by atoms with Crippen LogP contribution >= 0.6 is 0 Å². The van der Waals surface area contributed by atoms with E-state index in [0.29, 0.717) is 29.2 Å². The van der Waals surface area contributed by atoms with Crippen molar-refractivity contribution in [2.24, 2.45) is 16.3 Å². The molecule has 3 aliphatic rings. The van der Waals surface area contributed by atoms with Crippen LogP contribution in [-0.2, 0) is 20.9 Å². The van der Waals surface area contributed by atoms with Crippen LogP contribution in [0.25, 0.3) is 0 Å². The van der Waals surface area contributed by atoms with Crippen molar-refractivity contribution in [1.82, 2.24) is 0 Å². The van der Waals surface area contributed by atoms with Crippen LogP contribution in [-0.4, -0.2) is 29.2 Å². The Balaban J connectivity index is 1.63. The summed E-state index contributed by atoms with van der Waals surface area (Å²) in [6.07, 6.45) is 0.771. The number of fused-ring (bicyclic) bond motifs is 1. The lowest BCUT2D eigenvalue weighted by atomic mass is 9.66. The predicted octanol–water partition coefficient (Wildman–Crippen LogP) is 4.88. The van der Waals surface area contributed by atoms with Crippen molar-refractivity contribution in [2.75, 3.05) is 6.79 Å². The maximum absolute atomic E-state index is 13.5. The molecule has 0 amide bonds. The number of Topliss-reactive ketones (excluding diaryl/α,β-unsaturated/α-hetero) is 1. The number of carbonyl (C=O) groups is 2. The smallest absolute Gasteiger partial charge is 0.315 e. The van der Waals surface area contributed by atoms with Crippen molar-refractivity contribution in [3.8, 4) is 11.5 Å². The van der Waals surface area contributed by atoms with Crippen molar-refractivity contribution in [3.63, 3.8) is 0 Å². The normalized spacial score (nSPS) is 22.1. The highest BCUT2D eigenvalue weighted by Crippen LogP contribution is 2.51. The van der Waals surface area contributed by atoms with Gasteiger partial charge in [0.2, 0.25) is 6.79 Å². The van der Waals surface area contributed by atoms with Crippen LogP contribution in [0.4, 0.5) is 5.69 Å². The number of aliphatic imine (C=N–C) groups is 1. The molecular formula is C27H26N2O7. The van der Waals surface area contributed by atoms with E-state index in [-0.39, 0.29) is 48.0 Å². The van der Waals surface area contributed by atoms with E-state index < -0.39 is 22.7 Å². The molecule has 2 aromatic rings. The number of ether oxygens (including phenoxy) is 3. The molecule has 0 saturated heterocycles. The summed E-state index contributed by atoms with van der Waals surface area (Å²) >= 11 is 0. The Labute approximate surface area is 207 Å². The van der Waals surface area contributed by atoms with E-state index in [1.807, 2.05) is 44.2 Å². The van der Waals surface area contributed by atoms with Crippen molar-refractivity contribution in [2.45, 2.75) is 46.1 Å². The van der Waals surface area contributed by atoms with Crippen molar-refractivity contribution in [3.05, 3.63) is 75.0 Å². The van der Waals surface area contributed by atoms with Crippen LogP contribution in [0.2, 0.25) is 0 Å². The number of esters is 1. The molecule has 1 aliphatic carbocycles.